The van der Waals surface area contributed by atoms with E-state index in [0.29, 0.717) is 44.8 Å². The first-order chi connectivity index (χ1) is 19.1. The van der Waals surface area contributed by atoms with Gasteiger partial charge < -0.3 is 15.3 Å². The molecule has 40 heavy (non-hydrogen) atoms. The van der Waals surface area contributed by atoms with Crippen molar-refractivity contribution in [2.75, 3.05) is 32.5 Å². The molecule has 4 aromatic heterocycles. The first-order valence-electron chi connectivity index (χ1n) is 13.0. The van der Waals surface area contributed by atoms with Crippen LogP contribution in [0.1, 0.15) is 33.1 Å². The van der Waals surface area contributed by atoms with Gasteiger partial charge in [-0.3, -0.25) is 14.2 Å². The summed E-state index contributed by atoms with van der Waals surface area (Å²) in [5, 5.41) is 34.3. The van der Waals surface area contributed by atoms with E-state index < -0.39 is 10.5 Å². The second-order valence-electron chi connectivity index (χ2n) is 10.3. The zero-order valence-corrected chi connectivity index (χ0v) is 24.5. The molecule has 0 bridgehead atoms. The Balaban J connectivity index is 1.36. The quantitative estimate of drug-likeness (QED) is 0.199. The van der Waals surface area contributed by atoms with E-state index in [2.05, 4.69) is 30.9 Å². The van der Waals surface area contributed by atoms with Crippen molar-refractivity contribution >= 4 is 51.0 Å². The van der Waals surface area contributed by atoms with Crippen molar-refractivity contribution in [2.45, 2.75) is 50.1 Å². The van der Waals surface area contributed by atoms with Gasteiger partial charge in [0.05, 0.1) is 46.5 Å². The first kappa shape index (κ1) is 28.0. The van der Waals surface area contributed by atoms with Gasteiger partial charge in [-0.2, -0.15) is 15.5 Å². The molecule has 0 saturated carbocycles. The summed E-state index contributed by atoms with van der Waals surface area (Å²) in [5.41, 5.74) is 2.66. The fraction of sp³-hybridized carbons (Fsp3) is 0.462. The van der Waals surface area contributed by atoms with Gasteiger partial charge in [-0.25, -0.2) is 14.3 Å². The van der Waals surface area contributed by atoms with Gasteiger partial charge >= 0.3 is 0 Å². The van der Waals surface area contributed by atoms with E-state index in [0.717, 1.165) is 27.2 Å². The number of hydrogen-bond donors (Lipinski definition) is 2. The summed E-state index contributed by atoms with van der Waals surface area (Å²) < 4.78 is 6.62. The van der Waals surface area contributed by atoms with Gasteiger partial charge in [0.1, 0.15) is 10.5 Å². The molecular formula is C26H32N10O2S2. The molecule has 12 nitrogen and oxygen atoms in total. The predicted molar refractivity (Wildman–Crippen MR) is 156 cm³/mol. The van der Waals surface area contributed by atoms with E-state index >= 15 is 0 Å². The van der Waals surface area contributed by atoms with E-state index in [1.807, 2.05) is 35.4 Å². The van der Waals surface area contributed by atoms with Crippen LogP contribution in [0.4, 0.5) is 11.6 Å². The van der Waals surface area contributed by atoms with Crippen LogP contribution in [0.2, 0.25) is 0 Å². The molecule has 0 aromatic carbocycles. The van der Waals surface area contributed by atoms with Crippen molar-refractivity contribution in [1.82, 2.24) is 38.7 Å². The first-order valence-corrected chi connectivity index (χ1v) is 14.6. The van der Waals surface area contributed by atoms with Gasteiger partial charge in [0.2, 0.25) is 11.9 Å². The lowest BCUT2D eigenvalue weighted by Gasteiger charge is -2.49. The molecule has 1 fully saturated rings. The zero-order chi connectivity index (χ0) is 28.5. The second-order valence-corrected chi connectivity index (χ2v) is 12.8. The van der Waals surface area contributed by atoms with Gasteiger partial charge in [0, 0.05) is 58.1 Å². The highest BCUT2D eigenvalue weighted by molar-refractivity contribution is 7.98. The highest BCUT2D eigenvalue weighted by Crippen LogP contribution is 2.42. The summed E-state index contributed by atoms with van der Waals surface area (Å²) in [6, 6.07) is 4.27. The number of anilines is 2. The van der Waals surface area contributed by atoms with Gasteiger partial charge in [-0.05, 0) is 36.7 Å². The largest absolute Gasteiger partial charge is 0.379 e. The number of nitriles is 1. The minimum atomic E-state index is -0.844. The van der Waals surface area contributed by atoms with Crippen molar-refractivity contribution in [3.63, 3.8) is 0 Å². The molecule has 5 rings (SSSR count). The topological polar surface area (TPSA) is 141 Å². The van der Waals surface area contributed by atoms with Crippen molar-refractivity contribution in [1.29, 1.82) is 5.26 Å². The molecule has 0 aliphatic carbocycles. The molecule has 14 heteroatoms. The number of thiophene rings is 1. The predicted octanol–water partition coefficient (Wildman–Crippen LogP) is 3.66. The lowest BCUT2D eigenvalue weighted by atomic mass is 9.89. The normalized spacial score (nSPS) is 16.3. The van der Waals surface area contributed by atoms with Gasteiger partial charge in [0.15, 0.2) is 0 Å². The van der Waals surface area contributed by atoms with Crippen LogP contribution < -0.4 is 5.32 Å². The number of nitrogens with one attached hydrogen (secondary N) is 1. The molecule has 1 unspecified atom stereocenters. The maximum absolute atomic E-state index is 11.9. The van der Waals surface area contributed by atoms with Crippen molar-refractivity contribution in [3.8, 4) is 17.3 Å². The minimum absolute atomic E-state index is 0.0409. The van der Waals surface area contributed by atoms with E-state index in [-0.39, 0.29) is 5.91 Å². The highest BCUT2D eigenvalue weighted by atomic mass is 32.2. The van der Waals surface area contributed by atoms with Crippen LogP contribution in [0.25, 0.3) is 21.5 Å². The van der Waals surface area contributed by atoms with Gasteiger partial charge in [-0.1, -0.05) is 6.92 Å². The van der Waals surface area contributed by atoms with Crippen LogP contribution in [-0.4, -0.2) is 81.9 Å². The molecule has 1 saturated heterocycles. The number of carbonyl (C=O) groups is 1. The molecule has 1 aliphatic heterocycles. The molecule has 5 heterocycles. The Morgan fingerprint density at radius 3 is 2.83 bits per heavy atom. The fourth-order valence-corrected chi connectivity index (χ4v) is 6.57. The minimum Gasteiger partial charge on any atom is -0.379 e. The number of carbonyl (C=O) groups excluding carboxylic acids is 1. The average Bonchev–Trinajstić information content (AvgIpc) is 3.66. The Morgan fingerprint density at radius 2 is 2.10 bits per heavy atom. The summed E-state index contributed by atoms with van der Waals surface area (Å²) in [4.78, 5) is 22.1. The molecule has 210 valence electrons. The lowest BCUT2D eigenvalue weighted by Crippen LogP contribution is -2.61. The maximum Gasteiger partial charge on any atom is 0.228 e. The Bertz CT molecular complexity index is 1540. The fourth-order valence-electron chi connectivity index (χ4n) is 4.44. The number of aliphatic hydroxyl groups is 1. The second kappa shape index (κ2) is 11.2. The third-order valence-electron chi connectivity index (χ3n) is 6.92. The number of hydrogen-bond acceptors (Lipinski definition) is 11. The summed E-state index contributed by atoms with van der Waals surface area (Å²) in [6.45, 7) is 5.45. The van der Waals surface area contributed by atoms with Crippen molar-refractivity contribution < 1.29 is 9.90 Å². The number of fused-ring (bicyclic) bond motifs is 1. The molecule has 1 atom stereocenters. The average molecular weight is 581 g/mol. The van der Waals surface area contributed by atoms with E-state index in [1.54, 1.807) is 54.3 Å². The molecule has 0 spiro atoms. The van der Waals surface area contributed by atoms with Gasteiger partial charge in [0.25, 0.3) is 0 Å². The molecule has 1 amide bonds. The zero-order valence-electron chi connectivity index (χ0n) is 22.9. The summed E-state index contributed by atoms with van der Waals surface area (Å²) in [5.74, 6) is 0.469. The summed E-state index contributed by atoms with van der Waals surface area (Å²) >= 11 is 2.97. The van der Waals surface area contributed by atoms with Crippen LogP contribution in [0.5, 0.6) is 0 Å². The van der Waals surface area contributed by atoms with E-state index in [9.17, 15) is 15.2 Å². The van der Waals surface area contributed by atoms with E-state index in [1.165, 1.54) is 11.9 Å². The third-order valence-corrected chi connectivity index (χ3v) is 9.03. The Hall–Kier alpha value is -3.51. The van der Waals surface area contributed by atoms with Crippen LogP contribution in [0.3, 0.4) is 0 Å². The van der Waals surface area contributed by atoms with Crippen LogP contribution >= 0.6 is 23.3 Å². The number of aryl methyl sites for hydroxylation is 1. The van der Waals surface area contributed by atoms with Crippen LogP contribution in [0, 0.1) is 11.3 Å². The van der Waals surface area contributed by atoms with Crippen molar-refractivity contribution in [2.24, 2.45) is 0 Å². The Kier molecular flexibility index (Phi) is 7.83. The number of amides is 1. The highest BCUT2D eigenvalue weighted by Gasteiger charge is 2.47. The van der Waals surface area contributed by atoms with Crippen LogP contribution in [0.15, 0.2) is 36.2 Å². The molecule has 4 aromatic rings. The molecule has 0 radical (unpaired) electrons. The third kappa shape index (κ3) is 5.83. The number of nitrogens with zero attached hydrogens (tertiary/aromatic N) is 9. The smallest absolute Gasteiger partial charge is 0.228 e. The Morgan fingerprint density at radius 1 is 1.30 bits per heavy atom. The summed E-state index contributed by atoms with van der Waals surface area (Å²) in [7, 11) is 3.47. The van der Waals surface area contributed by atoms with Gasteiger partial charge in [-0.15, -0.1) is 11.3 Å². The maximum atomic E-state index is 11.9. The number of aromatic nitrogens is 6. The molecule has 2 N–H and O–H groups in total. The van der Waals surface area contributed by atoms with Crippen LogP contribution in [-0.2, 0) is 16.9 Å². The van der Waals surface area contributed by atoms with E-state index in [4.69, 9.17) is 4.98 Å². The lowest BCUT2D eigenvalue weighted by molar-refractivity contribution is -0.128. The standard InChI is InChI=1S/C26H32N10O2S2/c1-5-25(2,38)40-35-16-26(17-35,8-9-27)36-14-18(12-29-36)22-23-20(7-11-39-23)31-24(32-22)30-19-13-28-34(15-19)10-6-21(37)33(3)4/h7,11-15,38H,5-6,8,10,16-17H2,1-4H3,(H,30,31,32). The Labute approximate surface area is 240 Å². The molecule has 1 aliphatic rings. The monoisotopic (exact) mass is 580 g/mol. The summed E-state index contributed by atoms with van der Waals surface area (Å²) in [6.07, 6.45) is 8.54. The van der Waals surface area contributed by atoms with Crippen molar-refractivity contribution in [3.05, 3.63) is 36.2 Å². The number of rotatable bonds is 11. The SMILES string of the molecule is CCC(C)(O)SN1CC(CC#N)(n2cc(-c3nc(Nc4cnn(CCC(=O)N(C)C)c4)nc4ccsc34)cn2)C1. The molecular weight excluding hydrogens is 548 g/mol.